The third kappa shape index (κ3) is 1.76. The van der Waals surface area contributed by atoms with Crippen molar-refractivity contribution in [1.29, 1.82) is 0 Å². The second-order valence-corrected chi connectivity index (χ2v) is 4.92. The Morgan fingerprint density at radius 2 is 2.28 bits per heavy atom. The van der Waals surface area contributed by atoms with E-state index in [0.29, 0.717) is 11.6 Å². The maximum absolute atomic E-state index is 9.55. The molecule has 92 valence electrons. The fraction of sp³-hybridized carbons (Fsp3) is 0.214. The Labute approximate surface area is 110 Å². The lowest BCUT2D eigenvalue weighted by atomic mass is 10.1. The minimum atomic E-state index is -0.386. The Kier molecular flexibility index (Phi) is 2.73. The molecule has 0 radical (unpaired) electrons. The average molecular weight is 261 g/mol. The Morgan fingerprint density at radius 1 is 1.44 bits per heavy atom. The van der Waals surface area contributed by atoms with Crippen molar-refractivity contribution in [3.8, 4) is 0 Å². The summed E-state index contributed by atoms with van der Waals surface area (Å²) in [6.07, 6.45) is 3.32. The van der Waals surface area contributed by atoms with E-state index in [9.17, 15) is 5.11 Å². The number of pyridine rings is 1. The van der Waals surface area contributed by atoms with Crippen molar-refractivity contribution in [2.75, 3.05) is 0 Å². The summed E-state index contributed by atoms with van der Waals surface area (Å²) in [5, 5.41) is 12.3. The molecule has 0 bridgehead atoms. The van der Waals surface area contributed by atoms with Crippen LogP contribution < -0.4 is 0 Å². The summed E-state index contributed by atoms with van der Waals surface area (Å²) >= 11 is 6.23. The lowest BCUT2D eigenvalue weighted by Gasteiger charge is -2.10. The number of aliphatic hydroxyl groups excluding tert-OH is 1. The van der Waals surface area contributed by atoms with E-state index >= 15 is 0 Å². The summed E-state index contributed by atoms with van der Waals surface area (Å²) in [4.78, 5) is 4.32. The van der Waals surface area contributed by atoms with Gasteiger partial charge >= 0.3 is 0 Å². The zero-order valence-electron chi connectivity index (χ0n) is 9.97. The number of rotatable bonds is 2. The van der Waals surface area contributed by atoms with Crippen LogP contribution >= 0.6 is 11.6 Å². The molecule has 3 aromatic rings. The van der Waals surface area contributed by atoms with Gasteiger partial charge in [-0.3, -0.25) is 4.98 Å². The van der Waals surface area contributed by atoms with E-state index in [1.54, 1.807) is 13.1 Å². The predicted molar refractivity (Wildman–Crippen MR) is 73.9 cm³/mol. The number of aliphatic hydroxyl groups is 1. The van der Waals surface area contributed by atoms with Crippen molar-refractivity contribution in [1.82, 2.24) is 9.55 Å². The van der Waals surface area contributed by atoms with Crippen LogP contribution in [0.3, 0.4) is 0 Å². The first-order chi connectivity index (χ1) is 8.66. The number of hydrogen-bond acceptors (Lipinski definition) is 2. The number of fused-ring (bicyclic) bond motifs is 3. The lowest BCUT2D eigenvalue weighted by molar-refractivity contribution is 0.175. The Balaban J connectivity index is 2.39. The first-order valence-electron chi connectivity index (χ1n) is 5.87. The molecule has 0 aliphatic heterocycles. The van der Waals surface area contributed by atoms with Crippen LogP contribution in [0.25, 0.3) is 21.8 Å². The zero-order chi connectivity index (χ0) is 12.7. The van der Waals surface area contributed by atoms with Gasteiger partial charge in [-0.1, -0.05) is 11.6 Å². The molecular weight excluding hydrogens is 248 g/mol. The Morgan fingerprint density at radius 3 is 3.06 bits per heavy atom. The van der Waals surface area contributed by atoms with Gasteiger partial charge in [0.2, 0.25) is 0 Å². The van der Waals surface area contributed by atoms with E-state index in [-0.39, 0.29) is 6.10 Å². The highest BCUT2D eigenvalue weighted by atomic mass is 35.5. The highest BCUT2D eigenvalue weighted by Gasteiger charge is 2.10. The average Bonchev–Trinajstić information content (AvgIpc) is 2.72. The maximum atomic E-state index is 9.55. The van der Waals surface area contributed by atoms with Crippen LogP contribution in [0, 0.1) is 0 Å². The lowest BCUT2D eigenvalue weighted by Crippen LogP contribution is -2.10. The SMILES string of the molecule is C[C@@H](O)Cn1ccc2cc(Cl)c3ncccc3c21. The number of nitrogens with zero attached hydrogens (tertiary/aromatic N) is 2. The molecule has 0 saturated heterocycles. The van der Waals surface area contributed by atoms with E-state index in [1.165, 1.54) is 0 Å². The van der Waals surface area contributed by atoms with Crippen LogP contribution in [-0.2, 0) is 6.54 Å². The van der Waals surface area contributed by atoms with Gasteiger partial charge in [0.1, 0.15) is 0 Å². The highest BCUT2D eigenvalue weighted by Crippen LogP contribution is 2.31. The van der Waals surface area contributed by atoms with Crippen molar-refractivity contribution in [2.45, 2.75) is 19.6 Å². The molecule has 1 atom stereocenters. The molecule has 0 unspecified atom stereocenters. The van der Waals surface area contributed by atoms with Gasteiger partial charge in [-0.05, 0) is 31.2 Å². The van der Waals surface area contributed by atoms with Gasteiger partial charge in [0.25, 0.3) is 0 Å². The molecule has 0 aliphatic rings. The summed E-state index contributed by atoms with van der Waals surface area (Å²) < 4.78 is 2.04. The molecule has 1 aromatic carbocycles. The molecule has 0 fully saturated rings. The smallest absolute Gasteiger partial charge is 0.0909 e. The molecule has 3 rings (SSSR count). The first kappa shape index (κ1) is 11.5. The minimum Gasteiger partial charge on any atom is -0.392 e. The van der Waals surface area contributed by atoms with E-state index in [2.05, 4.69) is 4.98 Å². The van der Waals surface area contributed by atoms with E-state index < -0.39 is 0 Å². The summed E-state index contributed by atoms with van der Waals surface area (Å²) in [5.74, 6) is 0. The number of hydrogen-bond donors (Lipinski definition) is 1. The predicted octanol–water partition coefficient (Wildman–Crippen LogP) is 3.22. The molecule has 0 amide bonds. The summed E-state index contributed by atoms with van der Waals surface area (Å²) in [6, 6.07) is 7.84. The molecule has 0 aliphatic carbocycles. The fourth-order valence-corrected chi connectivity index (χ4v) is 2.61. The fourth-order valence-electron chi connectivity index (χ4n) is 2.34. The van der Waals surface area contributed by atoms with Crippen LogP contribution in [0.1, 0.15) is 6.92 Å². The third-order valence-electron chi connectivity index (χ3n) is 3.03. The van der Waals surface area contributed by atoms with E-state index in [0.717, 1.165) is 21.8 Å². The van der Waals surface area contributed by atoms with Gasteiger partial charge in [0.15, 0.2) is 0 Å². The Bertz CT molecular complexity index is 718. The second kappa shape index (κ2) is 4.26. The van der Waals surface area contributed by atoms with Crippen molar-refractivity contribution < 1.29 is 5.11 Å². The molecule has 3 nitrogen and oxygen atoms in total. The molecule has 4 heteroatoms. The molecule has 0 spiro atoms. The standard InChI is InChI=1S/C14H13ClN2O/c1-9(18)8-17-6-4-10-7-12(15)13-11(14(10)17)3-2-5-16-13/h2-7,9,18H,8H2,1H3/t9-/m1/s1. The first-order valence-corrected chi connectivity index (χ1v) is 6.25. The zero-order valence-corrected chi connectivity index (χ0v) is 10.7. The van der Waals surface area contributed by atoms with Crippen LogP contribution in [0.2, 0.25) is 5.02 Å². The molecule has 2 aromatic heterocycles. The normalized spacial score (nSPS) is 13.3. The summed E-state index contributed by atoms with van der Waals surface area (Å²) in [7, 11) is 0. The van der Waals surface area contributed by atoms with Gasteiger partial charge in [0, 0.05) is 29.7 Å². The highest BCUT2D eigenvalue weighted by molar-refractivity contribution is 6.36. The molecular formula is C14H13ClN2O. The van der Waals surface area contributed by atoms with Crippen LogP contribution in [0.4, 0.5) is 0 Å². The quantitative estimate of drug-likeness (QED) is 0.768. The van der Waals surface area contributed by atoms with E-state index in [1.807, 2.05) is 35.0 Å². The maximum Gasteiger partial charge on any atom is 0.0909 e. The van der Waals surface area contributed by atoms with Crippen LogP contribution in [0.5, 0.6) is 0 Å². The third-order valence-corrected chi connectivity index (χ3v) is 3.32. The number of aromatic nitrogens is 2. The number of benzene rings is 1. The van der Waals surface area contributed by atoms with Crippen molar-refractivity contribution >= 4 is 33.4 Å². The largest absolute Gasteiger partial charge is 0.392 e. The number of halogens is 1. The van der Waals surface area contributed by atoms with Gasteiger partial charge in [-0.2, -0.15) is 0 Å². The minimum absolute atomic E-state index is 0.386. The second-order valence-electron chi connectivity index (χ2n) is 4.51. The van der Waals surface area contributed by atoms with Crippen molar-refractivity contribution in [2.24, 2.45) is 0 Å². The molecule has 0 saturated carbocycles. The molecule has 18 heavy (non-hydrogen) atoms. The summed E-state index contributed by atoms with van der Waals surface area (Å²) in [6.45, 7) is 2.34. The van der Waals surface area contributed by atoms with Gasteiger partial charge in [-0.25, -0.2) is 0 Å². The van der Waals surface area contributed by atoms with Crippen molar-refractivity contribution in [3.05, 3.63) is 41.7 Å². The Hall–Kier alpha value is -1.58. The monoisotopic (exact) mass is 260 g/mol. The van der Waals surface area contributed by atoms with E-state index in [4.69, 9.17) is 11.6 Å². The van der Waals surface area contributed by atoms with Gasteiger partial charge in [0.05, 0.1) is 22.2 Å². The molecule has 1 N–H and O–H groups in total. The van der Waals surface area contributed by atoms with Gasteiger partial charge in [-0.15, -0.1) is 0 Å². The molecule has 2 heterocycles. The summed E-state index contributed by atoms with van der Waals surface area (Å²) in [5.41, 5.74) is 1.88. The van der Waals surface area contributed by atoms with Crippen LogP contribution in [0.15, 0.2) is 36.7 Å². The van der Waals surface area contributed by atoms with Crippen molar-refractivity contribution in [3.63, 3.8) is 0 Å². The van der Waals surface area contributed by atoms with Crippen LogP contribution in [-0.4, -0.2) is 20.8 Å². The topological polar surface area (TPSA) is 38.0 Å². The van der Waals surface area contributed by atoms with Gasteiger partial charge < -0.3 is 9.67 Å².